The van der Waals surface area contributed by atoms with Gasteiger partial charge in [0.25, 0.3) is 0 Å². The van der Waals surface area contributed by atoms with Crippen molar-refractivity contribution >= 4 is 22.4 Å². The van der Waals surface area contributed by atoms with E-state index in [1.807, 2.05) is 5.38 Å². The quantitative estimate of drug-likeness (QED) is 0.914. The van der Waals surface area contributed by atoms with Crippen molar-refractivity contribution in [2.24, 2.45) is 0 Å². The Morgan fingerprint density at radius 3 is 2.79 bits per heavy atom. The Kier molecular flexibility index (Phi) is 3.82. The van der Waals surface area contributed by atoms with Crippen molar-refractivity contribution in [3.05, 3.63) is 11.1 Å². The van der Waals surface area contributed by atoms with E-state index in [2.05, 4.69) is 28.8 Å². The molecule has 1 aliphatic heterocycles. The van der Waals surface area contributed by atoms with E-state index >= 15 is 0 Å². The normalized spacial score (nSPS) is 21.7. The number of aliphatic carboxylic acids is 1. The molecule has 1 aromatic heterocycles. The minimum Gasteiger partial charge on any atom is -0.481 e. The highest BCUT2D eigenvalue weighted by atomic mass is 32.1. The van der Waals surface area contributed by atoms with Gasteiger partial charge in [0, 0.05) is 31.1 Å². The lowest BCUT2D eigenvalue weighted by atomic mass is 9.90. The van der Waals surface area contributed by atoms with Crippen molar-refractivity contribution in [1.29, 1.82) is 0 Å². The maximum atomic E-state index is 11.2. The van der Waals surface area contributed by atoms with Gasteiger partial charge in [-0.05, 0) is 27.8 Å². The van der Waals surface area contributed by atoms with Crippen LogP contribution >= 0.6 is 11.3 Å². The van der Waals surface area contributed by atoms with Gasteiger partial charge in [0.1, 0.15) is 5.41 Å². The van der Waals surface area contributed by atoms with Gasteiger partial charge < -0.3 is 14.9 Å². The number of aromatic nitrogens is 1. The first kappa shape index (κ1) is 14.3. The van der Waals surface area contributed by atoms with Crippen molar-refractivity contribution in [2.75, 3.05) is 31.6 Å². The number of carboxylic acids is 1. The molecule has 1 fully saturated rings. The summed E-state index contributed by atoms with van der Waals surface area (Å²) < 4.78 is 0. The zero-order valence-electron chi connectivity index (χ0n) is 11.9. The summed E-state index contributed by atoms with van der Waals surface area (Å²) >= 11 is 1.54. The van der Waals surface area contributed by atoms with Crippen LogP contribution in [0, 0.1) is 0 Å². The van der Waals surface area contributed by atoms with Crippen molar-refractivity contribution in [2.45, 2.75) is 32.2 Å². The van der Waals surface area contributed by atoms with E-state index in [1.165, 1.54) is 11.3 Å². The zero-order valence-corrected chi connectivity index (χ0v) is 12.7. The van der Waals surface area contributed by atoms with E-state index in [-0.39, 0.29) is 0 Å². The lowest BCUT2D eigenvalue weighted by Crippen LogP contribution is -2.50. The smallest absolute Gasteiger partial charge is 0.315 e. The van der Waals surface area contributed by atoms with Gasteiger partial charge in [0.2, 0.25) is 0 Å². The summed E-state index contributed by atoms with van der Waals surface area (Å²) in [5.74, 6) is -0.837. The lowest BCUT2D eigenvalue weighted by Gasteiger charge is -2.37. The van der Waals surface area contributed by atoms with Crippen LogP contribution in [0.15, 0.2) is 5.38 Å². The second-order valence-corrected chi connectivity index (χ2v) is 6.56. The average molecular weight is 283 g/mol. The van der Waals surface area contributed by atoms with Crippen molar-refractivity contribution in [3.63, 3.8) is 0 Å². The molecule has 0 radical (unpaired) electrons. The minimum absolute atomic E-state index is 0.494. The first-order valence-electron chi connectivity index (χ1n) is 6.47. The molecule has 0 spiro atoms. The standard InChI is InChI=1S/C13H21N3O2S/c1-9-7-16(6-5-15(9)4)12-14-10(8-19-12)13(2,3)11(17)18/h8-9H,5-7H2,1-4H3,(H,17,18). The van der Waals surface area contributed by atoms with E-state index < -0.39 is 11.4 Å². The van der Waals surface area contributed by atoms with Crippen LogP contribution in [0.2, 0.25) is 0 Å². The molecule has 2 heterocycles. The van der Waals surface area contributed by atoms with Gasteiger partial charge in [0.15, 0.2) is 5.13 Å². The lowest BCUT2D eigenvalue weighted by molar-refractivity contribution is -0.142. The largest absolute Gasteiger partial charge is 0.481 e. The predicted octanol–water partition coefficient (Wildman–Crippen LogP) is 1.65. The molecular weight excluding hydrogens is 262 g/mol. The summed E-state index contributed by atoms with van der Waals surface area (Å²) in [6.07, 6.45) is 0. The van der Waals surface area contributed by atoms with E-state index in [0.717, 1.165) is 24.8 Å². The number of piperazine rings is 1. The second-order valence-electron chi connectivity index (χ2n) is 5.72. The molecule has 0 aromatic carbocycles. The molecule has 1 unspecified atom stereocenters. The fraction of sp³-hybridized carbons (Fsp3) is 0.692. The topological polar surface area (TPSA) is 56.7 Å². The highest BCUT2D eigenvalue weighted by molar-refractivity contribution is 7.13. The van der Waals surface area contributed by atoms with Crippen LogP contribution in [0.25, 0.3) is 0 Å². The third kappa shape index (κ3) is 2.74. The first-order chi connectivity index (χ1) is 8.82. The summed E-state index contributed by atoms with van der Waals surface area (Å²) in [7, 11) is 2.13. The Hall–Kier alpha value is -1.14. The summed E-state index contributed by atoms with van der Waals surface area (Å²) in [4.78, 5) is 20.4. The van der Waals surface area contributed by atoms with Crippen LogP contribution in [-0.4, -0.2) is 53.7 Å². The van der Waals surface area contributed by atoms with Gasteiger partial charge in [-0.15, -0.1) is 11.3 Å². The molecule has 106 valence electrons. The number of likely N-dealkylation sites (N-methyl/N-ethyl adjacent to an activating group) is 1. The average Bonchev–Trinajstić information content (AvgIpc) is 2.82. The number of anilines is 1. The molecule has 1 aromatic rings. The molecule has 0 amide bonds. The summed E-state index contributed by atoms with van der Waals surface area (Å²) in [5.41, 5.74) is -0.279. The van der Waals surface area contributed by atoms with Crippen LogP contribution < -0.4 is 4.90 Å². The molecule has 6 heteroatoms. The molecule has 1 saturated heterocycles. The third-order valence-electron chi connectivity index (χ3n) is 3.90. The predicted molar refractivity (Wildman–Crippen MR) is 77.1 cm³/mol. The summed E-state index contributed by atoms with van der Waals surface area (Å²) in [6.45, 7) is 8.49. The van der Waals surface area contributed by atoms with Gasteiger partial charge in [-0.2, -0.15) is 0 Å². The molecular formula is C13H21N3O2S. The van der Waals surface area contributed by atoms with Crippen LogP contribution in [0.4, 0.5) is 5.13 Å². The molecule has 1 aliphatic rings. The van der Waals surface area contributed by atoms with E-state index in [0.29, 0.717) is 11.7 Å². The number of hydrogen-bond donors (Lipinski definition) is 1. The molecule has 5 nitrogen and oxygen atoms in total. The summed E-state index contributed by atoms with van der Waals surface area (Å²) in [6, 6.07) is 0.494. The second kappa shape index (κ2) is 5.09. The monoisotopic (exact) mass is 283 g/mol. The van der Waals surface area contributed by atoms with Gasteiger partial charge in [-0.3, -0.25) is 4.79 Å². The maximum absolute atomic E-state index is 11.2. The summed E-state index contributed by atoms with van der Waals surface area (Å²) in [5, 5.41) is 12.0. The highest BCUT2D eigenvalue weighted by Crippen LogP contribution is 2.30. The molecule has 19 heavy (non-hydrogen) atoms. The molecule has 0 saturated carbocycles. The number of thiazole rings is 1. The fourth-order valence-electron chi connectivity index (χ4n) is 2.03. The molecule has 2 rings (SSSR count). The number of nitrogens with zero attached hydrogens (tertiary/aromatic N) is 3. The SMILES string of the molecule is CC1CN(c2nc(C(C)(C)C(=O)O)cs2)CCN1C. The number of carbonyl (C=O) groups is 1. The van der Waals surface area contributed by atoms with Gasteiger partial charge in [0.05, 0.1) is 5.69 Å². The molecule has 0 bridgehead atoms. The van der Waals surface area contributed by atoms with Crippen LogP contribution in [-0.2, 0) is 10.2 Å². The van der Waals surface area contributed by atoms with Gasteiger partial charge in [-0.1, -0.05) is 0 Å². The number of carboxylic acid groups (broad SMARTS) is 1. The van der Waals surface area contributed by atoms with E-state index in [4.69, 9.17) is 0 Å². The Labute approximate surface area is 117 Å². The number of hydrogen-bond acceptors (Lipinski definition) is 5. The molecule has 1 atom stereocenters. The first-order valence-corrected chi connectivity index (χ1v) is 7.35. The zero-order chi connectivity index (χ0) is 14.2. The van der Waals surface area contributed by atoms with Gasteiger partial charge >= 0.3 is 5.97 Å². The van der Waals surface area contributed by atoms with E-state index in [1.54, 1.807) is 13.8 Å². The molecule has 0 aliphatic carbocycles. The van der Waals surface area contributed by atoms with Gasteiger partial charge in [-0.25, -0.2) is 4.98 Å². The Bertz CT molecular complexity index is 472. The highest BCUT2D eigenvalue weighted by Gasteiger charge is 2.33. The maximum Gasteiger partial charge on any atom is 0.315 e. The van der Waals surface area contributed by atoms with E-state index in [9.17, 15) is 9.90 Å². The van der Waals surface area contributed by atoms with Crippen molar-refractivity contribution in [3.8, 4) is 0 Å². The van der Waals surface area contributed by atoms with Crippen LogP contribution in [0.5, 0.6) is 0 Å². The Morgan fingerprint density at radius 2 is 2.21 bits per heavy atom. The molecule has 1 N–H and O–H groups in total. The number of rotatable bonds is 3. The third-order valence-corrected chi connectivity index (χ3v) is 4.80. The Morgan fingerprint density at radius 1 is 1.53 bits per heavy atom. The van der Waals surface area contributed by atoms with Crippen LogP contribution in [0.1, 0.15) is 26.5 Å². The minimum atomic E-state index is -0.924. The fourth-order valence-corrected chi connectivity index (χ4v) is 3.06. The van der Waals surface area contributed by atoms with Crippen molar-refractivity contribution < 1.29 is 9.90 Å². The Balaban J connectivity index is 2.16. The van der Waals surface area contributed by atoms with Crippen LogP contribution in [0.3, 0.4) is 0 Å². The van der Waals surface area contributed by atoms with Crippen molar-refractivity contribution in [1.82, 2.24) is 9.88 Å².